The molecule has 0 heterocycles. The summed E-state index contributed by atoms with van der Waals surface area (Å²) in [5.74, 6) is -3.43. The molecule has 2 aromatic carbocycles. The molecule has 1 amide bonds. The number of hydrogen-bond donors (Lipinski definition) is 1. The van der Waals surface area contributed by atoms with Crippen molar-refractivity contribution in [3.63, 3.8) is 0 Å². The first-order valence-corrected chi connectivity index (χ1v) is 9.86. The number of hydrogen-bond acceptors (Lipinski definition) is 3. The third kappa shape index (κ3) is 5.00. The Bertz CT molecular complexity index is 933. The fraction of sp³-hybridized carbons (Fsp3) is 0.278. The second-order valence-corrected chi connectivity index (χ2v) is 7.97. The van der Waals surface area contributed by atoms with Gasteiger partial charge in [-0.25, -0.2) is 21.6 Å². The molecule has 0 bridgehead atoms. The highest BCUT2D eigenvalue weighted by molar-refractivity contribution is 7.92. The van der Waals surface area contributed by atoms with Crippen molar-refractivity contribution in [3.05, 3.63) is 65.5 Å². The van der Waals surface area contributed by atoms with Gasteiger partial charge in [0.15, 0.2) is 11.6 Å². The Balaban J connectivity index is 2.26. The normalized spacial score (nSPS) is 13.7. The molecule has 5 nitrogen and oxygen atoms in total. The van der Waals surface area contributed by atoms with Crippen molar-refractivity contribution in [2.75, 3.05) is 10.6 Å². The molecule has 0 fully saturated rings. The highest BCUT2D eigenvalue weighted by Crippen LogP contribution is 2.23. The van der Waals surface area contributed by atoms with E-state index in [4.69, 9.17) is 0 Å². The summed E-state index contributed by atoms with van der Waals surface area (Å²) in [5, 5.41) is 2.63. The van der Waals surface area contributed by atoms with E-state index < -0.39 is 45.5 Å². The molecule has 0 saturated heterocycles. The van der Waals surface area contributed by atoms with Crippen LogP contribution in [0.15, 0.2) is 42.5 Å². The van der Waals surface area contributed by atoms with Gasteiger partial charge in [-0.2, -0.15) is 0 Å². The van der Waals surface area contributed by atoms with Crippen LogP contribution in [0.3, 0.4) is 0 Å². The van der Waals surface area contributed by atoms with Gasteiger partial charge >= 0.3 is 0 Å². The van der Waals surface area contributed by atoms with Crippen molar-refractivity contribution in [1.29, 1.82) is 0 Å². The van der Waals surface area contributed by atoms with Gasteiger partial charge in [0, 0.05) is 6.07 Å². The average Bonchev–Trinajstić information content (AvgIpc) is 2.57. The molecule has 2 rings (SSSR count). The third-order valence-corrected chi connectivity index (χ3v) is 5.22. The van der Waals surface area contributed by atoms with Gasteiger partial charge in [-0.05, 0) is 43.7 Å². The van der Waals surface area contributed by atoms with Crippen molar-refractivity contribution in [2.45, 2.75) is 25.9 Å². The van der Waals surface area contributed by atoms with Gasteiger partial charge in [0.1, 0.15) is 11.9 Å². The minimum atomic E-state index is -3.96. The number of halogens is 3. The minimum absolute atomic E-state index is 0.173. The van der Waals surface area contributed by atoms with Crippen molar-refractivity contribution in [2.24, 2.45) is 0 Å². The lowest BCUT2D eigenvalue weighted by Gasteiger charge is -2.29. The second kappa shape index (κ2) is 7.99. The highest BCUT2D eigenvalue weighted by Gasteiger charge is 2.30. The van der Waals surface area contributed by atoms with Crippen LogP contribution in [0.1, 0.15) is 25.5 Å². The lowest BCUT2D eigenvalue weighted by Crippen LogP contribution is -2.48. The van der Waals surface area contributed by atoms with Crippen molar-refractivity contribution in [1.82, 2.24) is 5.32 Å². The zero-order valence-corrected chi connectivity index (χ0v) is 15.7. The first-order chi connectivity index (χ1) is 12.5. The average molecular weight is 400 g/mol. The number of rotatable bonds is 6. The van der Waals surface area contributed by atoms with Gasteiger partial charge in [-0.3, -0.25) is 9.10 Å². The molecule has 0 unspecified atom stereocenters. The SMILES string of the molecule is C[C@H](C(=O)N[C@H](C)c1ccc(F)cc1)N(c1ccc(F)c(F)c1)S(C)(=O)=O. The summed E-state index contributed by atoms with van der Waals surface area (Å²) < 4.78 is 64.7. The molecule has 1 N–H and O–H groups in total. The van der Waals surface area contributed by atoms with Crippen LogP contribution in [0, 0.1) is 17.5 Å². The molecular weight excluding hydrogens is 381 g/mol. The Morgan fingerprint density at radius 1 is 1.00 bits per heavy atom. The number of nitrogens with one attached hydrogen (secondary N) is 1. The van der Waals surface area contributed by atoms with Gasteiger partial charge in [-0.1, -0.05) is 12.1 Å². The largest absolute Gasteiger partial charge is 0.348 e. The van der Waals surface area contributed by atoms with Crippen LogP contribution in [0.25, 0.3) is 0 Å². The van der Waals surface area contributed by atoms with Crippen molar-refractivity contribution >= 4 is 21.6 Å². The number of anilines is 1. The van der Waals surface area contributed by atoms with Gasteiger partial charge in [0.25, 0.3) is 0 Å². The number of sulfonamides is 1. The van der Waals surface area contributed by atoms with Crippen molar-refractivity contribution < 1.29 is 26.4 Å². The van der Waals surface area contributed by atoms with Crippen LogP contribution in [-0.4, -0.2) is 26.6 Å². The monoisotopic (exact) mass is 400 g/mol. The molecule has 9 heteroatoms. The summed E-state index contributed by atoms with van der Waals surface area (Å²) in [6.45, 7) is 2.98. The third-order valence-electron chi connectivity index (χ3n) is 3.97. The quantitative estimate of drug-likeness (QED) is 0.810. The zero-order valence-electron chi connectivity index (χ0n) is 14.9. The Morgan fingerprint density at radius 2 is 1.59 bits per heavy atom. The van der Waals surface area contributed by atoms with E-state index in [1.54, 1.807) is 6.92 Å². The summed E-state index contributed by atoms with van der Waals surface area (Å²) in [6.07, 6.45) is 0.863. The molecule has 0 saturated carbocycles. The number of carbonyl (C=O) groups excluding carboxylic acids is 1. The Labute approximate surface area is 155 Å². The molecule has 0 spiro atoms. The molecule has 0 radical (unpaired) electrons. The van der Waals surface area contributed by atoms with E-state index in [-0.39, 0.29) is 5.69 Å². The van der Waals surface area contributed by atoms with E-state index in [9.17, 15) is 26.4 Å². The molecule has 0 aromatic heterocycles. The van der Waals surface area contributed by atoms with Crippen LogP contribution < -0.4 is 9.62 Å². The lowest BCUT2D eigenvalue weighted by atomic mass is 10.1. The number of nitrogens with zero attached hydrogens (tertiary/aromatic N) is 1. The Kier molecular flexibility index (Phi) is 6.15. The van der Waals surface area contributed by atoms with Gasteiger partial charge in [0.2, 0.25) is 15.9 Å². The lowest BCUT2D eigenvalue weighted by molar-refractivity contribution is -0.122. The first kappa shape index (κ1) is 20.8. The van der Waals surface area contributed by atoms with Crippen LogP contribution in [-0.2, 0) is 14.8 Å². The summed E-state index contributed by atoms with van der Waals surface area (Å²) in [6, 6.07) is 6.30. The molecule has 146 valence electrons. The number of amides is 1. The molecular formula is C18H19F3N2O3S. The van der Waals surface area contributed by atoms with E-state index in [2.05, 4.69) is 5.32 Å². The standard InChI is InChI=1S/C18H19F3N2O3S/c1-11(13-4-6-14(19)7-5-13)22-18(24)12(2)23(27(3,25)26)15-8-9-16(20)17(21)10-15/h4-12H,1-3H3,(H,22,24)/t11-,12-/m1/s1. The van der Waals surface area contributed by atoms with Gasteiger partial charge in [0.05, 0.1) is 18.0 Å². The van der Waals surface area contributed by atoms with Crippen LogP contribution in [0.2, 0.25) is 0 Å². The molecule has 2 atom stereocenters. The van der Waals surface area contributed by atoms with Gasteiger partial charge in [-0.15, -0.1) is 0 Å². The molecule has 0 aliphatic carbocycles. The molecule has 0 aliphatic rings. The summed E-state index contributed by atoms with van der Waals surface area (Å²) >= 11 is 0. The molecule has 2 aromatic rings. The fourth-order valence-corrected chi connectivity index (χ4v) is 3.77. The zero-order chi connectivity index (χ0) is 20.4. The predicted molar refractivity (Wildman–Crippen MR) is 96.1 cm³/mol. The maximum absolute atomic E-state index is 13.5. The van der Waals surface area contributed by atoms with E-state index in [0.29, 0.717) is 15.9 Å². The fourth-order valence-electron chi connectivity index (χ4n) is 2.60. The van der Waals surface area contributed by atoms with Crippen LogP contribution >= 0.6 is 0 Å². The van der Waals surface area contributed by atoms with E-state index >= 15 is 0 Å². The minimum Gasteiger partial charge on any atom is -0.348 e. The Morgan fingerprint density at radius 3 is 2.11 bits per heavy atom. The topological polar surface area (TPSA) is 66.5 Å². The maximum Gasteiger partial charge on any atom is 0.244 e. The van der Waals surface area contributed by atoms with E-state index in [0.717, 1.165) is 18.4 Å². The van der Waals surface area contributed by atoms with Crippen LogP contribution in [0.4, 0.5) is 18.9 Å². The van der Waals surface area contributed by atoms with Gasteiger partial charge < -0.3 is 5.32 Å². The number of carbonyl (C=O) groups is 1. The molecule has 27 heavy (non-hydrogen) atoms. The second-order valence-electron chi connectivity index (χ2n) is 6.12. The summed E-state index contributed by atoms with van der Waals surface area (Å²) in [5.41, 5.74) is 0.448. The maximum atomic E-state index is 13.5. The smallest absolute Gasteiger partial charge is 0.244 e. The molecule has 0 aliphatic heterocycles. The Hall–Kier alpha value is -2.55. The summed E-state index contributed by atoms with van der Waals surface area (Å²) in [7, 11) is -3.96. The number of benzene rings is 2. The first-order valence-electron chi connectivity index (χ1n) is 8.01. The predicted octanol–water partition coefficient (Wildman–Crippen LogP) is 3.14. The van der Waals surface area contributed by atoms with Crippen molar-refractivity contribution in [3.8, 4) is 0 Å². The van der Waals surface area contributed by atoms with Crippen LogP contribution in [0.5, 0.6) is 0 Å². The summed E-state index contributed by atoms with van der Waals surface area (Å²) in [4.78, 5) is 12.5. The van der Waals surface area contributed by atoms with E-state index in [1.807, 2.05) is 0 Å². The highest BCUT2D eigenvalue weighted by atomic mass is 32.2. The van der Waals surface area contributed by atoms with E-state index in [1.165, 1.54) is 31.2 Å².